The van der Waals surface area contributed by atoms with Gasteiger partial charge >= 0.3 is 0 Å². The Morgan fingerprint density at radius 3 is 2.80 bits per heavy atom. The van der Waals surface area contributed by atoms with Crippen LogP contribution in [-0.4, -0.2) is 5.11 Å². The van der Waals surface area contributed by atoms with E-state index in [0.29, 0.717) is 11.8 Å². The number of fused-ring (bicyclic) bond motifs is 1. The lowest BCUT2D eigenvalue weighted by molar-refractivity contribution is 0.458. The third kappa shape index (κ3) is 2.60. The zero-order chi connectivity index (χ0) is 14.1. The maximum absolute atomic E-state index is 9.83. The van der Waals surface area contributed by atoms with Gasteiger partial charge in [-0.1, -0.05) is 12.1 Å². The molecule has 0 saturated heterocycles. The largest absolute Gasteiger partial charge is 0.507 e. The summed E-state index contributed by atoms with van der Waals surface area (Å²) in [5.41, 5.74) is 4.66. The molecule has 0 bridgehead atoms. The Morgan fingerprint density at radius 2 is 2.05 bits per heavy atom. The molecular weight excluding hydrogens is 266 g/mol. The Labute approximate surface area is 124 Å². The number of thiophene rings is 1. The molecule has 1 aromatic carbocycles. The van der Waals surface area contributed by atoms with E-state index >= 15 is 0 Å². The van der Waals surface area contributed by atoms with Crippen LogP contribution in [0, 0.1) is 13.8 Å². The number of phenolic OH excluding ortho intramolecular Hbond substituents is 1. The normalized spacial score (nSPS) is 18.0. The van der Waals surface area contributed by atoms with E-state index in [0.717, 1.165) is 17.7 Å². The van der Waals surface area contributed by atoms with Crippen molar-refractivity contribution in [1.29, 1.82) is 0 Å². The molecule has 3 heteroatoms. The molecule has 1 aromatic heterocycles. The minimum absolute atomic E-state index is 0.423. The molecule has 1 atom stereocenters. The van der Waals surface area contributed by atoms with Crippen molar-refractivity contribution >= 4 is 11.3 Å². The van der Waals surface area contributed by atoms with Gasteiger partial charge in [0, 0.05) is 17.5 Å². The van der Waals surface area contributed by atoms with E-state index in [-0.39, 0.29) is 0 Å². The van der Waals surface area contributed by atoms with Gasteiger partial charge in [0.05, 0.1) is 0 Å². The Kier molecular flexibility index (Phi) is 3.81. The number of benzene rings is 1. The van der Waals surface area contributed by atoms with Gasteiger partial charge in [-0.3, -0.25) is 0 Å². The van der Waals surface area contributed by atoms with Crippen LogP contribution in [0.15, 0.2) is 23.6 Å². The van der Waals surface area contributed by atoms with E-state index < -0.39 is 0 Å². The van der Waals surface area contributed by atoms with Crippen LogP contribution in [0.25, 0.3) is 0 Å². The molecule has 0 fully saturated rings. The molecule has 1 heterocycles. The first-order chi connectivity index (χ1) is 9.65. The van der Waals surface area contributed by atoms with E-state index in [1.807, 2.05) is 25.2 Å². The molecule has 2 nitrogen and oxygen atoms in total. The summed E-state index contributed by atoms with van der Waals surface area (Å²) < 4.78 is 0. The highest BCUT2D eigenvalue weighted by Crippen LogP contribution is 2.33. The summed E-state index contributed by atoms with van der Waals surface area (Å²) in [5.74, 6) is 0.423. The fourth-order valence-corrected chi connectivity index (χ4v) is 4.07. The van der Waals surface area contributed by atoms with Gasteiger partial charge < -0.3 is 10.4 Å². The number of hydrogen-bond acceptors (Lipinski definition) is 3. The van der Waals surface area contributed by atoms with Crippen LogP contribution in [0.4, 0.5) is 0 Å². The summed E-state index contributed by atoms with van der Waals surface area (Å²) in [5, 5.41) is 15.7. The highest BCUT2D eigenvalue weighted by atomic mass is 32.1. The maximum Gasteiger partial charge on any atom is 0.121 e. The Balaban J connectivity index is 1.72. The highest BCUT2D eigenvalue weighted by molar-refractivity contribution is 7.10. The fraction of sp³-hybridized carbons (Fsp3) is 0.412. The van der Waals surface area contributed by atoms with E-state index in [2.05, 4.69) is 28.9 Å². The molecule has 1 aliphatic carbocycles. The van der Waals surface area contributed by atoms with Gasteiger partial charge in [0.25, 0.3) is 0 Å². The SMILES string of the molecule is Cc1cc(CNC2CCCc3sccc32)cc(C)c1O. The quantitative estimate of drug-likeness (QED) is 0.885. The van der Waals surface area contributed by atoms with Crippen molar-refractivity contribution in [3.63, 3.8) is 0 Å². The summed E-state index contributed by atoms with van der Waals surface area (Å²) >= 11 is 1.88. The van der Waals surface area contributed by atoms with Crippen molar-refractivity contribution in [2.75, 3.05) is 0 Å². The molecule has 0 saturated carbocycles. The summed E-state index contributed by atoms with van der Waals surface area (Å²) in [6.45, 7) is 4.79. The third-order valence-electron chi connectivity index (χ3n) is 4.16. The van der Waals surface area contributed by atoms with Crippen molar-refractivity contribution in [2.45, 2.75) is 45.7 Å². The Morgan fingerprint density at radius 1 is 1.30 bits per heavy atom. The molecule has 0 spiro atoms. The average molecular weight is 287 g/mol. The van der Waals surface area contributed by atoms with Crippen molar-refractivity contribution < 1.29 is 5.11 Å². The van der Waals surface area contributed by atoms with Gasteiger partial charge in [0.2, 0.25) is 0 Å². The molecule has 0 radical (unpaired) electrons. The molecule has 0 aliphatic heterocycles. The van der Waals surface area contributed by atoms with Gasteiger partial charge in [-0.25, -0.2) is 0 Å². The zero-order valence-electron chi connectivity index (χ0n) is 12.1. The molecule has 106 valence electrons. The van der Waals surface area contributed by atoms with Crippen molar-refractivity contribution in [3.05, 3.63) is 50.7 Å². The second kappa shape index (κ2) is 5.58. The van der Waals surface area contributed by atoms with Crippen LogP contribution in [0.5, 0.6) is 5.75 Å². The first-order valence-corrected chi connectivity index (χ1v) is 8.12. The first-order valence-electron chi connectivity index (χ1n) is 7.24. The molecule has 1 unspecified atom stereocenters. The molecule has 1 aliphatic rings. The van der Waals surface area contributed by atoms with Crippen LogP contribution in [-0.2, 0) is 13.0 Å². The van der Waals surface area contributed by atoms with Gasteiger partial charge in [0.1, 0.15) is 5.75 Å². The predicted molar refractivity (Wildman–Crippen MR) is 84.4 cm³/mol. The van der Waals surface area contributed by atoms with E-state index in [4.69, 9.17) is 0 Å². The minimum Gasteiger partial charge on any atom is -0.507 e. The van der Waals surface area contributed by atoms with Crippen LogP contribution >= 0.6 is 11.3 Å². The maximum atomic E-state index is 9.83. The standard InChI is InChI=1S/C17H21NOS/c1-11-8-13(9-12(2)17(11)19)10-18-15-4-3-5-16-14(15)6-7-20-16/h6-9,15,18-19H,3-5,10H2,1-2H3. The highest BCUT2D eigenvalue weighted by Gasteiger charge is 2.20. The van der Waals surface area contributed by atoms with Crippen molar-refractivity contribution in [2.24, 2.45) is 0 Å². The van der Waals surface area contributed by atoms with E-state index in [1.54, 1.807) is 4.88 Å². The lowest BCUT2D eigenvalue weighted by Gasteiger charge is -2.24. The average Bonchev–Trinajstić information content (AvgIpc) is 2.91. The lowest BCUT2D eigenvalue weighted by Crippen LogP contribution is -2.23. The molecule has 3 rings (SSSR count). The number of aromatic hydroxyl groups is 1. The Bertz CT molecular complexity index is 594. The molecule has 0 amide bonds. The van der Waals surface area contributed by atoms with E-state index in [9.17, 15) is 5.11 Å². The van der Waals surface area contributed by atoms with Crippen LogP contribution in [0.2, 0.25) is 0 Å². The Hall–Kier alpha value is -1.32. The van der Waals surface area contributed by atoms with Gasteiger partial charge in [0.15, 0.2) is 0 Å². The number of hydrogen-bond donors (Lipinski definition) is 2. The van der Waals surface area contributed by atoms with Gasteiger partial charge in [-0.05, 0) is 66.8 Å². The summed E-state index contributed by atoms with van der Waals surface area (Å²) in [7, 11) is 0. The number of nitrogens with one attached hydrogen (secondary N) is 1. The third-order valence-corrected chi connectivity index (χ3v) is 5.15. The summed E-state index contributed by atoms with van der Waals surface area (Å²) in [6.07, 6.45) is 3.74. The minimum atomic E-state index is 0.423. The van der Waals surface area contributed by atoms with Crippen molar-refractivity contribution in [1.82, 2.24) is 5.32 Å². The first kappa shape index (κ1) is 13.7. The zero-order valence-corrected chi connectivity index (χ0v) is 12.9. The van der Waals surface area contributed by atoms with Gasteiger partial charge in [-0.2, -0.15) is 0 Å². The predicted octanol–water partition coefficient (Wildman–Crippen LogP) is 4.24. The molecule has 2 N–H and O–H groups in total. The van der Waals surface area contributed by atoms with Crippen LogP contribution in [0.3, 0.4) is 0 Å². The van der Waals surface area contributed by atoms with Crippen molar-refractivity contribution in [3.8, 4) is 5.75 Å². The number of phenols is 1. The number of aryl methyl sites for hydroxylation is 3. The second-order valence-electron chi connectivity index (χ2n) is 5.70. The monoisotopic (exact) mass is 287 g/mol. The fourth-order valence-electron chi connectivity index (χ4n) is 3.09. The van der Waals surface area contributed by atoms with Gasteiger partial charge in [-0.15, -0.1) is 11.3 Å². The second-order valence-corrected chi connectivity index (χ2v) is 6.70. The molecule has 2 aromatic rings. The smallest absolute Gasteiger partial charge is 0.121 e. The van der Waals surface area contributed by atoms with E-state index in [1.165, 1.54) is 30.4 Å². The lowest BCUT2D eigenvalue weighted by atomic mass is 9.94. The molecule has 20 heavy (non-hydrogen) atoms. The summed E-state index contributed by atoms with van der Waals surface area (Å²) in [4.78, 5) is 1.55. The summed E-state index contributed by atoms with van der Waals surface area (Å²) in [6, 6.07) is 6.91. The molecular formula is C17H21NOS. The van der Waals surface area contributed by atoms with Crippen LogP contribution in [0.1, 0.15) is 46.0 Å². The topological polar surface area (TPSA) is 32.3 Å². The van der Waals surface area contributed by atoms with Crippen LogP contribution < -0.4 is 5.32 Å². The number of rotatable bonds is 3.